The van der Waals surface area contributed by atoms with Gasteiger partial charge in [0.2, 0.25) is 11.0 Å². The predicted molar refractivity (Wildman–Crippen MR) is 116 cm³/mol. The van der Waals surface area contributed by atoms with E-state index in [-0.39, 0.29) is 16.1 Å². The number of hydrogen-bond acceptors (Lipinski definition) is 7. The van der Waals surface area contributed by atoms with E-state index in [9.17, 15) is 14.7 Å². The molecule has 1 aliphatic rings. The maximum atomic E-state index is 11.8. The summed E-state index contributed by atoms with van der Waals surface area (Å²) in [6, 6.07) is 16.5. The summed E-state index contributed by atoms with van der Waals surface area (Å²) < 4.78 is 11.6. The van der Waals surface area contributed by atoms with Gasteiger partial charge in [0.15, 0.2) is 6.10 Å². The zero-order chi connectivity index (χ0) is 21.5. The summed E-state index contributed by atoms with van der Waals surface area (Å²) in [7, 11) is 0. The number of aliphatic hydroxyl groups is 1. The Kier molecular flexibility index (Phi) is 4.72. The van der Waals surface area contributed by atoms with Crippen molar-refractivity contribution >= 4 is 39.2 Å². The molecule has 1 fully saturated rings. The highest BCUT2D eigenvalue weighted by Crippen LogP contribution is 2.32. The van der Waals surface area contributed by atoms with Crippen molar-refractivity contribution in [1.82, 2.24) is 10.3 Å². The van der Waals surface area contributed by atoms with Crippen molar-refractivity contribution in [3.63, 3.8) is 0 Å². The highest BCUT2D eigenvalue weighted by Gasteiger charge is 2.26. The molecular weight excluding hydrogens is 416 g/mol. The van der Waals surface area contributed by atoms with Gasteiger partial charge in [-0.2, -0.15) is 0 Å². The Labute approximate surface area is 180 Å². The van der Waals surface area contributed by atoms with Crippen LogP contribution >= 0.6 is 11.8 Å². The molecule has 2 aromatic carbocycles. The van der Waals surface area contributed by atoms with E-state index < -0.39 is 6.10 Å². The Morgan fingerprint density at radius 3 is 2.65 bits per heavy atom. The highest BCUT2D eigenvalue weighted by atomic mass is 32.2. The smallest absolute Gasteiger partial charge is 0.291 e. The first-order valence-corrected chi connectivity index (χ1v) is 10.3. The van der Waals surface area contributed by atoms with Crippen molar-refractivity contribution in [2.24, 2.45) is 0 Å². The number of nitrogens with one attached hydrogen (secondary N) is 1. The van der Waals surface area contributed by atoms with Crippen LogP contribution < -0.4 is 5.32 Å². The van der Waals surface area contributed by atoms with Crippen molar-refractivity contribution in [3.05, 3.63) is 83.1 Å². The van der Waals surface area contributed by atoms with Crippen LogP contribution in [0.3, 0.4) is 0 Å². The van der Waals surface area contributed by atoms with Crippen LogP contribution in [0, 0.1) is 6.92 Å². The van der Waals surface area contributed by atoms with Gasteiger partial charge in [0.05, 0.1) is 5.70 Å². The molecule has 0 radical (unpaired) electrons. The highest BCUT2D eigenvalue weighted by molar-refractivity contribution is 8.27. The van der Waals surface area contributed by atoms with Crippen LogP contribution in [-0.2, 0) is 4.79 Å². The predicted octanol–water partition coefficient (Wildman–Crippen LogP) is 4.80. The molecule has 154 valence electrons. The first-order valence-electron chi connectivity index (χ1n) is 9.47. The first-order chi connectivity index (χ1) is 15.0. The average molecular weight is 432 g/mol. The van der Waals surface area contributed by atoms with E-state index >= 15 is 0 Å². The molecule has 4 aromatic rings. The van der Waals surface area contributed by atoms with Crippen LogP contribution in [0.5, 0.6) is 0 Å². The minimum Gasteiger partial charge on any atom is -0.458 e. The fourth-order valence-electron chi connectivity index (χ4n) is 3.40. The number of amides is 1. The molecule has 0 saturated carbocycles. The van der Waals surface area contributed by atoms with E-state index in [0.717, 1.165) is 16.5 Å². The van der Waals surface area contributed by atoms with E-state index in [1.807, 2.05) is 36.4 Å². The Morgan fingerprint density at radius 1 is 1.10 bits per heavy atom. The molecule has 0 bridgehead atoms. The van der Waals surface area contributed by atoms with Crippen LogP contribution in [0.2, 0.25) is 0 Å². The number of aryl methyl sites for hydroxylation is 1. The molecule has 5 rings (SSSR count). The summed E-state index contributed by atoms with van der Waals surface area (Å²) in [5.74, 6) is 1.26. The second kappa shape index (κ2) is 7.57. The normalized spacial score (nSPS) is 16.3. The fraction of sp³-hybridized carbons (Fsp3) is 0.0870. The Balaban J connectivity index is 1.46. The number of thioether (sulfide) groups is 1. The maximum absolute atomic E-state index is 11.8. The van der Waals surface area contributed by atoms with E-state index in [4.69, 9.17) is 8.83 Å². The van der Waals surface area contributed by atoms with E-state index in [0.29, 0.717) is 40.5 Å². The zero-order valence-corrected chi connectivity index (χ0v) is 17.1. The van der Waals surface area contributed by atoms with Gasteiger partial charge in [-0.1, -0.05) is 24.3 Å². The largest absolute Gasteiger partial charge is 0.458 e. The van der Waals surface area contributed by atoms with Gasteiger partial charge in [0, 0.05) is 22.7 Å². The molecule has 2 N–H and O–H groups in total. The number of aliphatic hydroxyl groups excluding tert-OH is 1. The molecule has 1 atom stereocenters. The minimum atomic E-state index is -1.09. The Bertz CT molecular complexity index is 1350. The third-order valence-corrected chi connectivity index (χ3v) is 5.59. The number of nitrogens with zero attached hydrogens (tertiary/aromatic N) is 1. The van der Waals surface area contributed by atoms with Crippen molar-refractivity contribution < 1.29 is 23.5 Å². The summed E-state index contributed by atoms with van der Waals surface area (Å²) in [5.41, 5.74) is 2.75. The summed E-state index contributed by atoms with van der Waals surface area (Å²) in [5, 5.41) is 13.4. The van der Waals surface area contributed by atoms with Gasteiger partial charge in [-0.3, -0.25) is 9.59 Å². The molecule has 31 heavy (non-hydrogen) atoms. The lowest BCUT2D eigenvalue weighted by Crippen LogP contribution is -2.10. The summed E-state index contributed by atoms with van der Waals surface area (Å²) in [4.78, 5) is 27.6. The molecule has 0 spiro atoms. The van der Waals surface area contributed by atoms with Crippen LogP contribution in [0.1, 0.15) is 28.9 Å². The number of aromatic nitrogens is 1. The van der Waals surface area contributed by atoms with Gasteiger partial charge in [-0.05, 0) is 48.9 Å². The van der Waals surface area contributed by atoms with E-state index in [1.54, 1.807) is 31.2 Å². The Morgan fingerprint density at radius 2 is 1.90 bits per heavy atom. The molecule has 3 heterocycles. The quantitative estimate of drug-likeness (QED) is 0.446. The molecular formula is C23H16N2O5S. The molecule has 8 heteroatoms. The molecule has 1 saturated heterocycles. The van der Waals surface area contributed by atoms with E-state index in [1.165, 1.54) is 0 Å². The minimum absolute atomic E-state index is 0.241. The first kappa shape index (κ1) is 19.3. The number of rotatable bonds is 4. The van der Waals surface area contributed by atoms with Gasteiger partial charge in [0.1, 0.15) is 22.8 Å². The summed E-state index contributed by atoms with van der Waals surface area (Å²) in [6.07, 6.45) is 0.513. The van der Waals surface area contributed by atoms with Crippen LogP contribution in [0.15, 0.2) is 69.1 Å². The standard InChI is InChI=1S/C23H16N2O5S/c1-12-19(25-21(29-12)14-5-3-2-4-6-14)20(26)18-11-15-9-13(7-8-17(15)30-18)10-16-22(27)31-23(28)24-16/h2-11,20,26H,1H3,(H,24,28). The third-order valence-electron chi connectivity index (χ3n) is 4.89. The van der Waals surface area contributed by atoms with Crippen LogP contribution in [0.4, 0.5) is 4.79 Å². The zero-order valence-electron chi connectivity index (χ0n) is 16.3. The maximum Gasteiger partial charge on any atom is 0.291 e. The lowest BCUT2D eigenvalue weighted by molar-refractivity contribution is -0.107. The lowest BCUT2D eigenvalue weighted by atomic mass is 10.1. The van der Waals surface area contributed by atoms with Crippen LogP contribution in [-0.4, -0.2) is 20.4 Å². The molecule has 1 amide bonds. The van der Waals surface area contributed by atoms with Gasteiger partial charge >= 0.3 is 0 Å². The topological polar surface area (TPSA) is 106 Å². The fourth-order valence-corrected chi connectivity index (χ4v) is 3.94. The van der Waals surface area contributed by atoms with E-state index in [2.05, 4.69) is 10.3 Å². The van der Waals surface area contributed by atoms with Gasteiger partial charge in [-0.25, -0.2) is 4.98 Å². The molecule has 0 aliphatic carbocycles. The molecule has 1 unspecified atom stereocenters. The SMILES string of the molecule is Cc1oc(-c2ccccc2)nc1C(O)c1cc2cc(C=C3NC(=O)SC3=O)ccc2o1. The third kappa shape index (κ3) is 3.67. The molecule has 7 nitrogen and oxygen atoms in total. The van der Waals surface area contributed by atoms with Crippen molar-refractivity contribution in [1.29, 1.82) is 0 Å². The number of carbonyl (C=O) groups is 2. The molecule has 1 aliphatic heterocycles. The molecule has 2 aromatic heterocycles. The van der Waals surface area contributed by atoms with Gasteiger partial charge < -0.3 is 19.3 Å². The number of hydrogen-bond donors (Lipinski definition) is 2. The second-order valence-electron chi connectivity index (χ2n) is 7.04. The Hall–Kier alpha value is -3.62. The van der Waals surface area contributed by atoms with Gasteiger partial charge in [-0.15, -0.1) is 0 Å². The van der Waals surface area contributed by atoms with Crippen molar-refractivity contribution in [2.45, 2.75) is 13.0 Å². The van der Waals surface area contributed by atoms with Crippen molar-refractivity contribution in [3.8, 4) is 11.5 Å². The summed E-state index contributed by atoms with van der Waals surface area (Å²) in [6.45, 7) is 1.75. The second-order valence-corrected chi connectivity index (χ2v) is 7.98. The summed E-state index contributed by atoms with van der Waals surface area (Å²) >= 11 is 0.634. The van der Waals surface area contributed by atoms with Crippen LogP contribution in [0.25, 0.3) is 28.5 Å². The number of furan rings is 1. The lowest BCUT2D eigenvalue weighted by Gasteiger charge is -2.03. The van der Waals surface area contributed by atoms with Crippen molar-refractivity contribution in [2.75, 3.05) is 0 Å². The number of fused-ring (bicyclic) bond motifs is 1. The number of carbonyl (C=O) groups excluding carboxylic acids is 2. The van der Waals surface area contributed by atoms with Gasteiger partial charge in [0.25, 0.3) is 5.24 Å². The average Bonchev–Trinajstić information content (AvgIpc) is 3.44. The number of oxazole rings is 1. The monoisotopic (exact) mass is 432 g/mol. The number of benzene rings is 2.